The second-order valence-corrected chi connectivity index (χ2v) is 5.18. The Kier molecular flexibility index (Phi) is 8.70. The van der Waals surface area contributed by atoms with Gasteiger partial charge in [0.2, 0.25) is 5.91 Å². The van der Waals surface area contributed by atoms with Gasteiger partial charge in [0.15, 0.2) is 0 Å². The summed E-state index contributed by atoms with van der Waals surface area (Å²) in [5, 5.41) is 7.23. The molecule has 1 unspecified atom stereocenters. The van der Waals surface area contributed by atoms with Crippen LogP contribution in [0, 0.1) is 0 Å². The van der Waals surface area contributed by atoms with E-state index in [4.69, 9.17) is 5.73 Å². The predicted molar refractivity (Wildman–Crippen MR) is 89.3 cm³/mol. The summed E-state index contributed by atoms with van der Waals surface area (Å²) in [6.45, 7) is 3.76. The molecular formula is C13H25Cl2N5O. The van der Waals surface area contributed by atoms with E-state index in [0.717, 1.165) is 31.6 Å². The molecule has 1 amide bonds. The van der Waals surface area contributed by atoms with Crippen molar-refractivity contribution in [3.63, 3.8) is 0 Å². The van der Waals surface area contributed by atoms with Gasteiger partial charge < -0.3 is 16.0 Å². The molecule has 1 aliphatic heterocycles. The van der Waals surface area contributed by atoms with E-state index in [1.54, 1.807) is 4.68 Å². The number of halogens is 2. The number of rotatable bonds is 4. The van der Waals surface area contributed by atoms with Crippen LogP contribution in [-0.4, -0.2) is 40.9 Å². The molecule has 6 nitrogen and oxygen atoms in total. The van der Waals surface area contributed by atoms with Crippen molar-refractivity contribution in [3.8, 4) is 0 Å². The second-order valence-electron chi connectivity index (χ2n) is 5.18. The number of nitrogens with one attached hydrogen (secondary N) is 1. The lowest BCUT2D eigenvalue weighted by atomic mass is 10.0. The number of carbonyl (C=O) groups excluding carboxylic acids is 1. The number of carbonyl (C=O) groups is 1. The largest absolute Gasteiger partial charge is 0.367 e. The van der Waals surface area contributed by atoms with Crippen LogP contribution in [0.2, 0.25) is 0 Å². The van der Waals surface area contributed by atoms with Gasteiger partial charge in [0.1, 0.15) is 0 Å². The van der Waals surface area contributed by atoms with Crippen molar-refractivity contribution in [2.45, 2.75) is 38.3 Å². The normalized spacial score (nSPS) is 19.2. The summed E-state index contributed by atoms with van der Waals surface area (Å²) in [6, 6.07) is -0.215. The van der Waals surface area contributed by atoms with E-state index >= 15 is 0 Å². The summed E-state index contributed by atoms with van der Waals surface area (Å²) >= 11 is 0. The fourth-order valence-electron chi connectivity index (χ4n) is 2.39. The van der Waals surface area contributed by atoms with E-state index in [-0.39, 0.29) is 36.8 Å². The molecule has 0 spiro atoms. The van der Waals surface area contributed by atoms with Crippen LogP contribution in [0.5, 0.6) is 0 Å². The van der Waals surface area contributed by atoms with Crippen LogP contribution in [0.1, 0.15) is 26.2 Å². The Morgan fingerprint density at radius 1 is 1.57 bits per heavy atom. The minimum atomic E-state index is -0.395. The van der Waals surface area contributed by atoms with Gasteiger partial charge in [-0.25, -0.2) is 0 Å². The van der Waals surface area contributed by atoms with Crippen molar-refractivity contribution in [3.05, 3.63) is 12.4 Å². The molecule has 122 valence electrons. The zero-order valence-electron chi connectivity index (χ0n) is 12.5. The van der Waals surface area contributed by atoms with Crippen LogP contribution in [0.25, 0.3) is 0 Å². The first kappa shape index (κ1) is 20.0. The third-order valence-electron chi connectivity index (χ3n) is 3.60. The molecule has 1 fully saturated rings. The molecule has 21 heavy (non-hydrogen) atoms. The summed E-state index contributed by atoms with van der Waals surface area (Å²) in [5.41, 5.74) is 6.86. The number of nitrogens with two attached hydrogens (primary N) is 1. The van der Waals surface area contributed by atoms with Gasteiger partial charge in [-0.2, -0.15) is 5.10 Å². The molecule has 1 saturated heterocycles. The van der Waals surface area contributed by atoms with Gasteiger partial charge in [0.25, 0.3) is 0 Å². The molecule has 2 rings (SSSR count). The molecule has 1 aromatic heterocycles. The van der Waals surface area contributed by atoms with Crippen molar-refractivity contribution < 1.29 is 4.79 Å². The highest BCUT2D eigenvalue weighted by molar-refractivity contribution is 5.85. The highest BCUT2D eigenvalue weighted by Crippen LogP contribution is 2.18. The minimum absolute atomic E-state index is 0. The van der Waals surface area contributed by atoms with Crippen molar-refractivity contribution in [2.24, 2.45) is 12.8 Å². The Balaban J connectivity index is 0.00000200. The average Bonchev–Trinajstić information content (AvgIpc) is 2.84. The number of piperidine rings is 1. The maximum Gasteiger partial charge on any atom is 0.237 e. The fraction of sp³-hybridized carbons (Fsp3) is 0.692. The summed E-state index contributed by atoms with van der Waals surface area (Å²) in [6.07, 6.45) is 6.62. The maximum absolute atomic E-state index is 11.8. The van der Waals surface area contributed by atoms with Gasteiger partial charge in [-0.05, 0) is 19.3 Å². The minimum Gasteiger partial charge on any atom is -0.367 e. The number of hydrogen-bond acceptors (Lipinski definition) is 4. The first-order chi connectivity index (χ1) is 9.10. The van der Waals surface area contributed by atoms with Gasteiger partial charge >= 0.3 is 0 Å². The van der Waals surface area contributed by atoms with Crippen LogP contribution in [0.15, 0.2) is 12.4 Å². The van der Waals surface area contributed by atoms with Gasteiger partial charge in [-0.1, -0.05) is 6.92 Å². The Bertz CT molecular complexity index is 440. The van der Waals surface area contributed by atoms with Crippen molar-refractivity contribution in [2.75, 3.05) is 18.0 Å². The zero-order valence-corrected chi connectivity index (χ0v) is 14.1. The van der Waals surface area contributed by atoms with E-state index in [1.807, 2.05) is 26.4 Å². The number of aryl methyl sites for hydroxylation is 1. The molecular weight excluding hydrogens is 313 g/mol. The number of amides is 1. The third kappa shape index (κ3) is 5.37. The van der Waals surface area contributed by atoms with E-state index in [2.05, 4.69) is 15.3 Å². The molecule has 0 radical (unpaired) electrons. The van der Waals surface area contributed by atoms with E-state index < -0.39 is 6.04 Å². The fourth-order valence-corrected chi connectivity index (χ4v) is 2.39. The van der Waals surface area contributed by atoms with Crippen LogP contribution in [0.3, 0.4) is 0 Å². The molecule has 0 aliphatic carbocycles. The topological polar surface area (TPSA) is 76.2 Å². The first-order valence-electron chi connectivity index (χ1n) is 6.89. The van der Waals surface area contributed by atoms with E-state index in [9.17, 15) is 4.79 Å². The molecule has 0 aromatic carbocycles. The Labute approximate surface area is 138 Å². The Morgan fingerprint density at radius 2 is 2.29 bits per heavy atom. The highest BCUT2D eigenvalue weighted by Gasteiger charge is 2.23. The quantitative estimate of drug-likeness (QED) is 0.862. The van der Waals surface area contributed by atoms with Gasteiger partial charge in [-0.15, -0.1) is 24.8 Å². The standard InChI is InChI=1S/C13H23N5O.2ClH/c1-3-12(14)13(19)16-10-5-4-6-18(8-10)11-7-15-17(2)9-11;;/h7,9-10,12H,3-6,8,14H2,1-2H3,(H,16,19);2*1H/t10?,12-;;/m0../s1. The SMILES string of the molecule is CC[C@H](N)C(=O)NC1CCCN(c2cnn(C)c2)C1.Cl.Cl. The monoisotopic (exact) mass is 337 g/mol. The lowest BCUT2D eigenvalue weighted by molar-refractivity contribution is -0.123. The summed E-state index contributed by atoms with van der Waals surface area (Å²) in [5.74, 6) is -0.0412. The lowest BCUT2D eigenvalue weighted by Gasteiger charge is -2.34. The molecule has 3 N–H and O–H groups in total. The summed E-state index contributed by atoms with van der Waals surface area (Å²) < 4.78 is 1.80. The second kappa shape index (κ2) is 9.12. The van der Waals surface area contributed by atoms with Gasteiger partial charge in [-0.3, -0.25) is 9.48 Å². The molecule has 1 aromatic rings. The highest BCUT2D eigenvalue weighted by atomic mass is 35.5. The lowest BCUT2D eigenvalue weighted by Crippen LogP contribution is -2.51. The van der Waals surface area contributed by atoms with E-state index in [0.29, 0.717) is 6.42 Å². The molecule has 1 aliphatic rings. The van der Waals surface area contributed by atoms with Crippen LogP contribution in [0.4, 0.5) is 5.69 Å². The van der Waals surface area contributed by atoms with Crippen molar-refractivity contribution >= 4 is 36.4 Å². The molecule has 8 heteroatoms. The molecule has 0 bridgehead atoms. The van der Waals surface area contributed by atoms with Crippen molar-refractivity contribution in [1.82, 2.24) is 15.1 Å². The number of anilines is 1. The molecule has 2 heterocycles. The summed E-state index contributed by atoms with van der Waals surface area (Å²) in [4.78, 5) is 14.1. The zero-order chi connectivity index (χ0) is 13.8. The maximum atomic E-state index is 11.8. The third-order valence-corrected chi connectivity index (χ3v) is 3.60. The van der Waals surface area contributed by atoms with Crippen molar-refractivity contribution in [1.29, 1.82) is 0 Å². The molecule has 0 saturated carbocycles. The average molecular weight is 338 g/mol. The van der Waals surface area contributed by atoms with E-state index in [1.165, 1.54) is 0 Å². The molecule has 2 atom stereocenters. The van der Waals surface area contributed by atoms with Crippen LogP contribution in [-0.2, 0) is 11.8 Å². The van der Waals surface area contributed by atoms with Crippen LogP contribution >= 0.6 is 24.8 Å². The number of nitrogens with zero attached hydrogens (tertiary/aromatic N) is 3. The van der Waals surface area contributed by atoms with Gasteiger partial charge in [0.05, 0.1) is 17.9 Å². The van der Waals surface area contributed by atoms with Crippen LogP contribution < -0.4 is 16.0 Å². The summed E-state index contributed by atoms with van der Waals surface area (Å²) in [7, 11) is 1.91. The smallest absolute Gasteiger partial charge is 0.237 e. The number of aromatic nitrogens is 2. The number of hydrogen-bond donors (Lipinski definition) is 2. The van der Waals surface area contributed by atoms with Gasteiger partial charge in [0, 0.05) is 32.4 Å². The predicted octanol–water partition coefficient (Wildman–Crippen LogP) is 1.09. The Hall–Kier alpha value is -0.980. The Morgan fingerprint density at radius 3 is 2.86 bits per heavy atom. The first-order valence-corrected chi connectivity index (χ1v) is 6.89.